The van der Waals surface area contributed by atoms with E-state index in [0.717, 1.165) is 37.9 Å². The van der Waals surface area contributed by atoms with E-state index in [2.05, 4.69) is 4.72 Å². The third-order valence-corrected chi connectivity index (χ3v) is 5.26. The molecule has 0 radical (unpaired) electrons. The van der Waals surface area contributed by atoms with Gasteiger partial charge < -0.3 is 10.0 Å². The van der Waals surface area contributed by atoms with Crippen molar-refractivity contribution in [2.75, 3.05) is 26.2 Å². The quantitative estimate of drug-likeness (QED) is 0.841. The summed E-state index contributed by atoms with van der Waals surface area (Å²) in [5.41, 5.74) is 1.19. The van der Waals surface area contributed by atoms with E-state index in [1.165, 1.54) is 12.1 Å². The Morgan fingerprint density at radius 1 is 1.27 bits per heavy atom. The highest BCUT2D eigenvalue weighted by atomic mass is 32.2. The molecule has 0 unspecified atom stereocenters. The van der Waals surface area contributed by atoms with Gasteiger partial charge in [-0.2, -0.15) is 0 Å². The fraction of sp³-hybridized carbons (Fsp3) is 0.533. The molecule has 2 N–H and O–H groups in total. The van der Waals surface area contributed by atoms with Crippen LogP contribution >= 0.6 is 0 Å². The van der Waals surface area contributed by atoms with Gasteiger partial charge in [-0.05, 0) is 43.9 Å². The summed E-state index contributed by atoms with van der Waals surface area (Å²) in [6.45, 7) is 2.92. The minimum Gasteiger partial charge on any atom is -0.395 e. The van der Waals surface area contributed by atoms with Crippen LogP contribution in [0.5, 0.6) is 0 Å². The zero-order valence-corrected chi connectivity index (χ0v) is 13.5. The molecule has 1 heterocycles. The van der Waals surface area contributed by atoms with Gasteiger partial charge in [0.05, 0.1) is 11.5 Å². The Morgan fingerprint density at radius 2 is 1.95 bits per heavy atom. The first kappa shape index (κ1) is 16.9. The van der Waals surface area contributed by atoms with Gasteiger partial charge in [-0.15, -0.1) is 0 Å². The minimum atomic E-state index is -3.71. The number of aliphatic hydroxyl groups is 1. The van der Waals surface area contributed by atoms with Crippen LogP contribution in [-0.4, -0.2) is 50.6 Å². The SMILES string of the molecule is Cc1ccc(S(=O)(=O)NCCO)cc1C(=O)N1CCCCC1. The summed E-state index contributed by atoms with van der Waals surface area (Å²) in [5, 5.41) is 8.75. The maximum atomic E-state index is 12.6. The first-order valence-corrected chi connectivity index (χ1v) is 8.94. The van der Waals surface area contributed by atoms with Crippen molar-refractivity contribution >= 4 is 15.9 Å². The van der Waals surface area contributed by atoms with Gasteiger partial charge in [0.25, 0.3) is 5.91 Å². The van der Waals surface area contributed by atoms with Gasteiger partial charge >= 0.3 is 0 Å². The van der Waals surface area contributed by atoms with Crippen molar-refractivity contribution in [3.63, 3.8) is 0 Å². The third-order valence-electron chi connectivity index (χ3n) is 3.80. The molecule has 1 aliphatic rings. The van der Waals surface area contributed by atoms with Gasteiger partial charge in [0.1, 0.15) is 0 Å². The molecule has 0 aliphatic carbocycles. The zero-order valence-electron chi connectivity index (χ0n) is 12.7. The van der Waals surface area contributed by atoms with Crippen LogP contribution in [0.2, 0.25) is 0 Å². The highest BCUT2D eigenvalue weighted by Gasteiger charge is 2.22. The summed E-state index contributed by atoms with van der Waals surface area (Å²) >= 11 is 0. The van der Waals surface area contributed by atoms with Crippen molar-refractivity contribution in [2.45, 2.75) is 31.1 Å². The molecule has 22 heavy (non-hydrogen) atoms. The van der Waals surface area contributed by atoms with Crippen molar-refractivity contribution < 1.29 is 18.3 Å². The molecule has 0 spiro atoms. The number of nitrogens with zero attached hydrogens (tertiary/aromatic N) is 1. The Kier molecular flexibility index (Phi) is 5.55. The van der Waals surface area contributed by atoms with Crippen molar-refractivity contribution in [3.8, 4) is 0 Å². The van der Waals surface area contributed by atoms with E-state index in [0.29, 0.717) is 5.56 Å². The van der Waals surface area contributed by atoms with Crippen molar-refractivity contribution in [2.24, 2.45) is 0 Å². The Bertz CT molecular complexity index is 637. The molecule has 6 nitrogen and oxygen atoms in total. The molecule has 1 aliphatic heterocycles. The van der Waals surface area contributed by atoms with E-state index in [1.807, 2.05) is 0 Å². The Balaban J connectivity index is 2.28. The van der Waals surface area contributed by atoms with Crippen LogP contribution in [0.1, 0.15) is 35.2 Å². The number of hydrogen-bond acceptors (Lipinski definition) is 4. The monoisotopic (exact) mass is 326 g/mol. The summed E-state index contributed by atoms with van der Waals surface area (Å²) in [6, 6.07) is 4.54. The van der Waals surface area contributed by atoms with Crippen molar-refractivity contribution in [3.05, 3.63) is 29.3 Å². The lowest BCUT2D eigenvalue weighted by Crippen LogP contribution is -2.36. The Labute approximate surface area is 131 Å². The molecule has 1 aromatic carbocycles. The maximum Gasteiger partial charge on any atom is 0.254 e. The van der Waals surface area contributed by atoms with Crippen LogP contribution in [0, 0.1) is 6.92 Å². The lowest BCUT2D eigenvalue weighted by atomic mass is 10.1. The summed E-state index contributed by atoms with van der Waals surface area (Å²) in [7, 11) is -3.71. The normalized spacial score (nSPS) is 15.8. The van der Waals surface area contributed by atoms with Crippen LogP contribution in [0.3, 0.4) is 0 Å². The number of aliphatic hydroxyl groups excluding tert-OH is 1. The summed E-state index contributed by atoms with van der Waals surface area (Å²) < 4.78 is 26.5. The fourth-order valence-corrected chi connectivity index (χ4v) is 3.58. The van der Waals surface area contributed by atoms with Crippen LogP contribution in [-0.2, 0) is 10.0 Å². The number of benzene rings is 1. The minimum absolute atomic E-state index is 0.0481. The van der Waals surface area contributed by atoms with Gasteiger partial charge in [0.2, 0.25) is 10.0 Å². The predicted molar refractivity (Wildman–Crippen MR) is 83.2 cm³/mol. The number of amides is 1. The largest absolute Gasteiger partial charge is 0.395 e. The van der Waals surface area contributed by atoms with E-state index < -0.39 is 10.0 Å². The number of aryl methyl sites for hydroxylation is 1. The van der Waals surface area contributed by atoms with Gasteiger partial charge in [-0.25, -0.2) is 13.1 Å². The van der Waals surface area contributed by atoms with E-state index in [9.17, 15) is 13.2 Å². The number of likely N-dealkylation sites (tertiary alicyclic amines) is 1. The fourth-order valence-electron chi connectivity index (χ4n) is 2.53. The molecule has 0 aromatic heterocycles. The molecule has 1 saturated heterocycles. The number of carbonyl (C=O) groups is 1. The standard InChI is InChI=1S/C15H22N2O4S/c1-12-5-6-13(22(20,21)16-7-10-18)11-14(12)15(19)17-8-3-2-4-9-17/h5-6,11,16,18H,2-4,7-10H2,1H3. The van der Waals surface area contributed by atoms with E-state index in [4.69, 9.17) is 5.11 Å². The topological polar surface area (TPSA) is 86.7 Å². The zero-order chi connectivity index (χ0) is 16.2. The van der Waals surface area contributed by atoms with Crippen LogP contribution in [0.15, 0.2) is 23.1 Å². The average Bonchev–Trinajstić information content (AvgIpc) is 2.53. The van der Waals surface area contributed by atoms with E-state index in [1.54, 1.807) is 17.9 Å². The number of hydrogen-bond donors (Lipinski definition) is 2. The highest BCUT2D eigenvalue weighted by Crippen LogP contribution is 2.19. The molecule has 2 rings (SSSR count). The van der Waals surface area contributed by atoms with Crippen LogP contribution < -0.4 is 4.72 Å². The lowest BCUT2D eigenvalue weighted by molar-refractivity contribution is 0.0723. The Hall–Kier alpha value is -1.44. The molecule has 0 bridgehead atoms. The molecule has 1 amide bonds. The number of piperidine rings is 1. The average molecular weight is 326 g/mol. The second-order valence-electron chi connectivity index (χ2n) is 5.45. The van der Waals surface area contributed by atoms with Gasteiger partial charge in [-0.1, -0.05) is 6.07 Å². The second-order valence-corrected chi connectivity index (χ2v) is 7.22. The summed E-state index contributed by atoms with van der Waals surface area (Å²) in [4.78, 5) is 14.4. The molecule has 0 saturated carbocycles. The second kappa shape index (κ2) is 7.21. The van der Waals surface area contributed by atoms with Crippen LogP contribution in [0.25, 0.3) is 0 Å². The van der Waals surface area contributed by atoms with E-state index in [-0.39, 0.29) is 24.0 Å². The Morgan fingerprint density at radius 3 is 2.59 bits per heavy atom. The molecular formula is C15H22N2O4S. The third kappa shape index (κ3) is 3.85. The summed E-state index contributed by atoms with van der Waals surface area (Å²) in [6.07, 6.45) is 3.10. The van der Waals surface area contributed by atoms with Gasteiger partial charge in [0.15, 0.2) is 0 Å². The van der Waals surface area contributed by atoms with E-state index >= 15 is 0 Å². The van der Waals surface area contributed by atoms with Crippen LogP contribution in [0.4, 0.5) is 0 Å². The number of carbonyl (C=O) groups excluding carboxylic acids is 1. The number of nitrogens with one attached hydrogen (secondary N) is 1. The molecule has 7 heteroatoms. The number of sulfonamides is 1. The molecule has 1 aromatic rings. The maximum absolute atomic E-state index is 12.6. The molecular weight excluding hydrogens is 304 g/mol. The first-order chi connectivity index (χ1) is 10.5. The lowest BCUT2D eigenvalue weighted by Gasteiger charge is -2.27. The molecule has 1 fully saturated rings. The van der Waals surface area contributed by atoms with Gasteiger partial charge in [0, 0.05) is 25.2 Å². The highest BCUT2D eigenvalue weighted by molar-refractivity contribution is 7.89. The first-order valence-electron chi connectivity index (χ1n) is 7.46. The summed E-state index contributed by atoms with van der Waals surface area (Å²) in [5.74, 6) is -0.114. The van der Waals surface area contributed by atoms with Crippen molar-refractivity contribution in [1.82, 2.24) is 9.62 Å². The molecule has 0 atom stereocenters. The predicted octanol–water partition coefficient (Wildman–Crippen LogP) is 0.892. The van der Waals surface area contributed by atoms with Gasteiger partial charge in [-0.3, -0.25) is 4.79 Å². The smallest absolute Gasteiger partial charge is 0.254 e. The van der Waals surface area contributed by atoms with Crippen molar-refractivity contribution in [1.29, 1.82) is 0 Å². The molecule has 122 valence electrons. The number of rotatable bonds is 5.